The number of hydrogen-bond donors (Lipinski definition) is 2. The van der Waals surface area contributed by atoms with Crippen LogP contribution in [0, 0.1) is 23.2 Å². The zero-order chi connectivity index (χ0) is 13.9. The third-order valence-electron chi connectivity index (χ3n) is 5.86. The molecular formula is C15H22O4. The molecule has 0 bridgehead atoms. The van der Waals surface area contributed by atoms with Gasteiger partial charge in [0.2, 0.25) is 0 Å². The number of ether oxygens (including phenoxy) is 1. The molecule has 106 valence electrons. The van der Waals surface area contributed by atoms with Crippen LogP contribution in [0.25, 0.3) is 0 Å². The van der Waals surface area contributed by atoms with Crippen LogP contribution in [0.2, 0.25) is 0 Å². The largest absolute Gasteiger partial charge is 0.458 e. The Balaban J connectivity index is 2.04. The Morgan fingerprint density at radius 2 is 2.05 bits per heavy atom. The molecule has 7 atom stereocenters. The number of esters is 1. The second kappa shape index (κ2) is 4.06. The van der Waals surface area contributed by atoms with E-state index in [0.717, 1.165) is 19.3 Å². The SMILES string of the molecule is C=C1C(=O)O[C@H]2CC(C)[C@@H]3CCC(O)[C@@]3(C)C(O)[C@H]12. The number of carbonyl (C=O) groups excluding carboxylic acids is 1. The highest BCUT2D eigenvalue weighted by atomic mass is 16.6. The van der Waals surface area contributed by atoms with Crippen molar-refractivity contribution < 1.29 is 19.7 Å². The van der Waals surface area contributed by atoms with Crippen molar-refractivity contribution in [1.29, 1.82) is 0 Å². The zero-order valence-electron chi connectivity index (χ0n) is 11.5. The van der Waals surface area contributed by atoms with Gasteiger partial charge in [-0.15, -0.1) is 0 Å². The minimum Gasteiger partial charge on any atom is -0.458 e. The highest BCUT2D eigenvalue weighted by Crippen LogP contribution is 2.56. The van der Waals surface area contributed by atoms with Crippen LogP contribution in [-0.4, -0.2) is 34.5 Å². The van der Waals surface area contributed by atoms with Crippen LogP contribution in [0.1, 0.15) is 33.1 Å². The molecule has 19 heavy (non-hydrogen) atoms. The highest BCUT2D eigenvalue weighted by Gasteiger charge is 2.60. The van der Waals surface area contributed by atoms with Gasteiger partial charge in [0.25, 0.3) is 0 Å². The van der Waals surface area contributed by atoms with E-state index in [1.54, 1.807) is 0 Å². The highest BCUT2D eigenvalue weighted by molar-refractivity contribution is 5.91. The Morgan fingerprint density at radius 3 is 2.74 bits per heavy atom. The molecule has 3 fully saturated rings. The molecule has 0 aromatic carbocycles. The average molecular weight is 266 g/mol. The first-order valence-corrected chi connectivity index (χ1v) is 7.13. The fraction of sp³-hybridized carbons (Fsp3) is 0.800. The number of aliphatic hydroxyl groups is 2. The van der Waals surface area contributed by atoms with Crippen LogP contribution in [0.3, 0.4) is 0 Å². The summed E-state index contributed by atoms with van der Waals surface area (Å²) in [5.74, 6) is -0.159. The van der Waals surface area contributed by atoms with Crippen molar-refractivity contribution in [3.8, 4) is 0 Å². The van der Waals surface area contributed by atoms with E-state index < -0.39 is 23.6 Å². The Bertz CT molecular complexity index is 432. The Kier molecular flexibility index (Phi) is 2.81. The molecule has 3 aliphatic rings. The van der Waals surface area contributed by atoms with Crippen molar-refractivity contribution in [3.63, 3.8) is 0 Å². The predicted molar refractivity (Wildman–Crippen MR) is 69.1 cm³/mol. The molecule has 1 saturated heterocycles. The summed E-state index contributed by atoms with van der Waals surface area (Å²) in [7, 11) is 0. The van der Waals surface area contributed by atoms with Crippen molar-refractivity contribution in [2.24, 2.45) is 23.2 Å². The second-order valence-corrected chi connectivity index (χ2v) is 6.72. The minimum absolute atomic E-state index is 0.273. The van der Waals surface area contributed by atoms with Crippen LogP contribution < -0.4 is 0 Å². The molecule has 3 unspecified atom stereocenters. The smallest absolute Gasteiger partial charge is 0.334 e. The number of hydrogen-bond acceptors (Lipinski definition) is 4. The molecule has 3 rings (SSSR count). The van der Waals surface area contributed by atoms with Crippen molar-refractivity contribution in [1.82, 2.24) is 0 Å². The first-order chi connectivity index (χ1) is 8.87. The lowest BCUT2D eigenvalue weighted by Gasteiger charge is -2.41. The van der Waals surface area contributed by atoms with E-state index in [-0.39, 0.29) is 17.9 Å². The van der Waals surface area contributed by atoms with Gasteiger partial charge in [-0.05, 0) is 31.1 Å². The van der Waals surface area contributed by atoms with Crippen LogP contribution in [-0.2, 0) is 9.53 Å². The quantitative estimate of drug-likeness (QED) is 0.512. The lowest BCUT2D eigenvalue weighted by molar-refractivity contribution is -0.140. The lowest BCUT2D eigenvalue weighted by Crippen LogP contribution is -2.48. The van der Waals surface area contributed by atoms with E-state index in [2.05, 4.69) is 13.5 Å². The van der Waals surface area contributed by atoms with Gasteiger partial charge in [0, 0.05) is 11.0 Å². The Morgan fingerprint density at radius 1 is 1.37 bits per heavy atom. The van der Waals surface area contributed by atoms with Crippen LogP contribution in [0.15, 0.2) is 12.2 Å². The molecule has 1 aliphatic heterocycles. The molecule has 2 N–H and O–H groups in total. The van der Waals surface area contributed by atoms with Gasteiger partial charge in [-0.25, -0.2) is 4.79 Å². The maximum absolute atomic E-state index is 11.7. The van der Waals surface area contributed by atoms with Gasteiger partial charge in [0.05, 0.1) is 18.1 Å². The van der Waals surface area contributed by atoms with Gasteiger partial charge in [0.1, 0.15) is 6.10 Å². The molecule has 4 nitrogen and oxygen atoms in total. The predicted octanol–water partition coefficient (Wildman–Crippen LogP) is 1.26. The average Bonchev–Trinajstić information content (AvgIpc) is 2.77. The molecule has 0 amide bonds. The summed E-state index contributed by atoms with van der Waals surface area (Å²) in [5, 5.41) is 21.2. The molecule has 0 spiro atoms. The first-order valence-electron chi connectivity index (χ1n) is 7.13. The molecule has 0 aromatic heterocycles. The van der Waals surface area contributed by atoms with Crippen molar-refractivity contribution in [3.05, 3.63) is 12.2 Å². The first kappa shape index (κ1) is 13.1. The van der Waals surface area contributed by atoms with E-state index in [1.165, 1.54) is 0 Å². The maximum Gasteiger partial charge on any atom is 0.334 e. The number of rotatable bonds is 0. The zero-order valence-corrected chi connectivity index (χ0v) is 11.5. The fourth-order valence-electron chi connectivity index (χ4n) is 4.67. The van der Waals surface area contributed by atoms with E-state index in [4.69, 9.17) is 4.74 Å². The molecular weight excluding hydrogens is 244 g/mol. The van der Waals surface area contributed by atoms with Crippen molar-refractivity contribution in [2.75, 3.05) is 0 Å². The third kappa shape index (κ3) is 1.56. The lowest BCUT2D eigenvalue weighted by atomic mass is 9.67. The summed E-state index contributed by atoms with van der Waals surface area (Å²) in [4.78, 5) is 11.7. The third-order valence-corrected chi connectivity index (χ3v) is 5.86. The molecule has 1 heterocycles. The summed E-state index contributed by atoms with van der Waals surface area (Å²) in [6.07, 6.45) is 0.844. The van der Waals surface area contributed by atoms with Gasteiger partial charge in [0.15, 0.2) is 0 Å². The van der Waals surface area contributed by atoms with Crippen LogP contribution in [0.5, 0.6) is 0 Å². The van der Waals surface area contributed by atoms with Gasteiger partial charge in [-0.1, -0.05) is 20.4 Å². The number of carbonyl (C=O) groups is 1. The second-order valence-electron chi connectivity index (χ2n) is 6.72. The fourth-order valence-corrected chi connectivity index (χ4v) is 4.67. The topological polar surface area (TPSA) is 66.8 Å². The standard InChI is InChI=1S/C15H22O4/c1-7-6-10-12(8(2)14(18)19-10)13(17)15(3)9(7)4-5-11(15)16/h7,9-13,16-17H,2,4-6H2,1,3H3/t7?,9-,10-,11?,12+,13?,15-/m0/s1. The Labute approximate surface area is 113 Å². The molecule has 4 heteroatoms. The normalized spacial score (nSPS) is 53.5. The van der Waals surface area contributed by atoms with E-state index in [0.29, 0.717) is 11.5 Å². The summed E-state index contributed by atoms with van der Waals surface area (Å²) >= 11 is 0. The van der Waals surface area contributed by atoms with Crippen LogP contribution in [0.4, 0.5) is 0 Å². The monoisotopic (exact) mass is 266 g/mol. The van der Waals surface area contributed by atoms with Gasteiger partial charge >= 0.3 is 5.97 Å². The number of fused-ring (bicyclic) bond motifs is 2. The molecule has 2 saturated carbocycles. The van der Waals surface area contributed by atoms with E-state index in [9.17, 15) is 15.0 Å². The van der Waals surface area contributed by atoms with Gasteiger partial charge in [-0.2, -0.15) is 0 Å². The van der Waals surface area contributed by atoms with Gasteiger partial charge < -0.3 is 14.9 Å². The molecule has 0 radical (unpaired) electrons. The summed E-state index contributed by atoms with van der Waals surface area (Å²) < 4.78 is 5.36. The Hall–Kier alpha value is -0.870. The molecule has 0 aromatic rings. The summed E-state index contributed by atoms with van der Waals surface area (Å²) in [6.45, 7) is 7.87. The number of aliphatic hydroxyl groups excluding tert-OH is 2. The summed E-state index contributed by atoms with van der Waals surface area (Å²) in [6, 6.07) is 0. The maximum atomic E-state index is 11.7. The summed E-state index contributed by atoms with van der Waals surface area (Å²) in [5.41, 5.74) is -0.193. The van der Waals surface area contributed by atoms with Crippen molar-refractivity contribution >= 4 is 5.97 Å². The van der Waals surface area contributed by atoms with Crippen molar-refractivity contribution in [2.45, 2.75) is 51.4 Å². The van der Waals surface area contributed by atoms with E-state index in [1.807, 2.05) is 6.92 Å². The van der Waals surface area contributed by atoms with Crippen LogP contribution >= 0.6 is 0 Å². The minimum atomic E-state index is -0.760. The van der Waals surface area contributed by atoms with Gasteiger partial charge in [-0.3, -0.25) is 0 Å². The van der Waals surface area contributed by atoms with E-state index >= 15 is 0 Å². The molecule has 2 aliphatic carbocycles.